The van der Waals surface area contributed by atoms with Crippen LogP contribution in [-0.2, 0) is 28.6 Å². The van der Waals surface area contributed by atoms with E-state index in [-0.39, 0.29) is 55.5 Å². The fraction of sp³-hybridized carbons (Fsp3) is 0.653. The highest BCUT2D eigenvalue weighted by atomic mass is 16.6. The molecule has 0 radical (unpaired) electrons. The molecule has 0 amide bonds. The van der Waals surface area contributed by atoms with Crippen molar-refractivity contribution in [3.63, 3.8) is 0 Å². The van der Waals surface area contributed by atoms with Gasteiger partial charge in [0.15, 0.2) is 6.10 Å². The minimum atomic E-state index is -1.14. The number of likely N-dealkylation sites (N-methyl/N-ethyl adjacent to an activating group) is 1. The van der Waals surface area contributed by atoms with Crippen LogP contribution < -0.4 is 5.11 Å². The van der Waals surface area contributed by atoms with Crippen LogP contribution >= 0.6 is 0 Å². The summed E-state index contributed by atoms with van der Waals surface area (Å²) in [6, 6.07) is -0.743. The zero-order valence-corrected chi connectivity index (χ0v) is 36.7. The zero-order chi connectivity index (χ0) is 42.1. The SMILES string of the molecule is CC/C=C/C/C=C/C/C=C/C/C=C/CCCCCC(=O)OC(COCCC(C(=O)[O-])[N+](C)(C)C)COC(=O)CCC/C=C/C/C=C/C/C=C/CCCCCCCC. The highest BCUT2D eigenvalue weighted by Crippen LogP contribution is 2.11. The molecule has 2 unspecified atom stereocenters. The Hall–Kier alpha value is -3.49. The van der Waals surface area contributed by atoms with E-state index in [0.29, 0.717) is 12.8 Å². The second kappa shape index (κ2) is 39.3. The van der Waals surface area contributed by atoms with Gasteiger partial charge >= 0.3 is 11.9 Å². The number of carbonyl (C=O) groups excluding carboxylic acids is 3. The topological polar surface area (TPSA) is 102 Å². The highest BCUT2D eigenvalue weighted by Gasteiger charge is 2.25. The lowest BCUT2D eigenvalue weighted by Gasteiger charge is -2.34. The molecular weight excluding hydrogens is 715 g/mol. The second-order valence-electron chi connectivity index (χ2n) is 15.5. The van der Waals surface area contributed by atoms with Crippen LogP contribution in [0.2, 0.25) is 0 Å². The van der Waals surface area contributed by atoms with Crippen LogP contribution in [0.1, 0.15) is 155 Å². The number of aliphatic carboxylic acids is 1. The predicted molar refractivity (Wildman–Crippen MR) is 235 cm³/mol. The van der Waals surface area contributed by atoms with Crippen molar-refractivity contribution in [2.24, 2.45) is 0 Å². The summed E-state index contributed by atoms with van der Waals surface area (Å²) in [6.45, 7) is 4.43. The van der Waals surface area contributed by atoms with Gasteiger partial charge in [-0.1, -0.05) is 137 Å². The molecule has 0 fully saturated rings. The van der Waals surface area contributed by atoms with Gasteiger partial charge in [-0.25, -0.2) is 0 Å². The smallest absolute Gasteiger partial charge is 0.306 e. The first kappa shape index (κ1) is 53.5. The van der Waals surface area contributed by atoms with Crippen molar-refractivity contribution in [2.75, 3.05) is 41.0 Å². The zero-order valence-electron chi connectivity index (χ0n) is 36.7. The third-order valence-electron chi connectivity index (χ3n) is 9.27. The van der Waals surface area contributed by atoms with Crippen LogP contribution in [0.5, 0.6) is 0 Å². The van der Waals surface area contributed by atoms with Crippen LogP contribution in [-0.4, -0.2) is 75.5 Å². The van der Waals surface area contributed by atoms with Gasteiger partial charge in [-0.15, -0.1) is 0 Å². The lowest BCUT2D eigenvalue weighted by molar-refractivity contribution is -0.889. The third-order valence-corrected chi connectivity index (χ3v) is 9.27. The molecule has 0 aliphatic heterocycles. The minimum Gasteiger partial charge on any atom is -0.544 e. The first-order chi connectivity index (χ1) is 27.6. The Balaban J connectivity index is 4.50. The average molecular weight is 796 g/mol. The number of nitrogens with zero attached hydrogens (tertiary/aromatic N) is 1. The summed E-state index contributed by atoms with van der Waals surface area (Å²) in [5, 5.41) is 11.6. The third kappa shape index (κ3) is 37.8. The second-order valence-corrected chi connectivity index (χ2v) is 15.5. The summed E-state index contributed by atoms with van der Waals surface area (Å²) >= 11 is 0. The molecular formula is C49H81NO7. The molecule has 2 atom stereocenters. The molecule has 324 valence electrons. The quantitative estimate of drug-likeness (QED) is 0.0265. The Morgan fingerprint density at radius 1 is 0.544 bits per heavy atom. The molecule has 0 aliphatic rings. The molecule has 0 aliphatic carbocycles. The number of allylic oxidation sites excluding steroid dienone is 14. The lowest BCUT2D eigenvalue weighted by atomic mass is 10.1. The maximum atomic E-state index is 12.7. The molecule has 0 aromatic rings. The van der Waals surface area contributed by atoms with Crippen molar-refractivity contribution in [1.82, 2.24) is 0 Å². The van der Waals surface area contributed by atoms with Crippen molar-refractivity contribution in [3.8, 4) is 0 Å². The molecule has 0 saturated carbocycles. The summed E-state index contributed by atoms with van der Waals surface area (Å²) in [7, 11) is 5.37. The number of rotatable bonds is 38. The molecule has 8 nitrogen and oxygen atoms in total. The van der Waals surface area contributed by atoms with Crippen LogP contribution in [0.4, 0.5) is 0 Å². The van der Waals surface area contributed by atoms with E-state index in [2.05, 4.69) is 98.9 Å². The number of unbranched alkanes of at least 4 members (excludes halogenated alkanes) is 10. The van der Waals surface area contributed by atoms with Gasteiger partial charge in [-0.2, -0.15) is 0 Å². The van der Waals surface area contributed by atoms with Crippen molar-refractivity contribution in [1.29, 1.82) is 0 Å². The minimum absolute atomic E-state index is 0.00688. The Bertz CT molecular complexity index is 1200. The fourth-order valence-corrected chi connectivity index (χ4v) is 5.84. The molecule has 57 heavy (non-hydrogen) atoms. The number of hydrogen-bond acceptors (Lipinski definition) is 7. The van der Waals surface area contributed by atoms with Crippen LogP contribution in [0.25, 0.3) is 0 Å². The number of carboxylic acids is 1. The summed E-state index contributed by atoms with van der Waals surface area (Å²) in [5.41, 5.74) is 0. The van der Waals surface area contributed by atoms with Crippen LogP contribution in [0.15, 0.2) is 85.1 Å². The van der Waals surface area contributed by atoms with Crippen LogP contribution in [0, 0.1) is 0 Å². The van der Waals surface area contributed by atoms with Gasteiger partial charge in [-0.3, -0.25) is 9.59 Å². The Morgan fingerprint density at radius 3 is 1.51 bits per heavy atom. The van der Waals surface area contributed by atoms with E-state index in [1.165, 1.54) is 44.9 Å². The molecule has 0 spiro atoms. The van der Waals surface area contributed by atoms with Crippen molar-refractivity contribution >= 4 is 17.9 Å². The molecule has 0 bridgehead atoms. The van der Waals surface area contributed by atoms with Gasteiger partial charge in [0.05, 0.1) is 40.3 Å². The van der Waals surface area contributed by atoms with Gasteiger partial charge in [0.2, 0.25) is 0 Å². The van der Waals surface area contributed by atoms with E-state index >= 15 is 0 Å². The Labute approximate surface area is 348 Å². The molecule has 0 N–H and O–H groups in total. The molecule has 0 aromatic heterocycles. The van der Waals surface area contributed by atoms with E-state index in [1.807, 2.05) is 0 Å². The first-order valence-electron chi connectivity index (χ1n) is 22.1. The molecule has 0 saturated heterocycles. The maximum Gasteiger partial charge on any atom is 0.306 e. The van der Waals surface area contributed by atoms with Crippen molar-refractivity contribution in [3.05, 3.63) is 85.1 Å². The Morgan fingerprint density at radius 2 is 1.00 bits per heavy atom. The first-order valence-corrected chi connectivity index (χ1v) is 22.1. The largest absolute Gasteiger partial charge is 0.544 e. The molecule has 0 aromatic carbocycles. The monoisotopic (exact) mass is 796 g/mol. The van der Waals surface area contributed by atoms with Crippen molar-refractivity contribution < 1.29 is 38.2 Å². The fourth-order valence-electron chi connectivity index (χ4n) is 5.84. The van der Waals surface area contributed by atoms with Crippen molar-refractivity contribution in [2.45, 2.75) is 167 Å². The summed E-state index contributed by atoms with van der Waals surface area (Å²) in [5.74, 6) is -1.86. The number of carboxylic acid groups (broad SMARTS) is 1. The number of quaternary nitrogens is 1. The average Bonchev–Trinajstić information content (AvgIpc) is 3.17. The Kier molecular flexibility index (Phi) is 36.9. The normalized spacial score (nSPS) is 13.8. The van der Waals surface area contributed by atoms with E-state index in [4.69, 9.17) is 14.2 Å². The van der Waals surface area contributed by atoms with Gasteiger partial charge < -0.3 is 28.6 Å². The molecule has 0 rings (SSSR count). The molecule has 8 heteroatoms. The number of hydrogen-bond donors (Lipinski definition) is 0. The number of ether oxygens (including phenoxy) is 3. The van der Waals surface area contributed by atoms with Crippen LogP contribution in [0.3, 0.4) is 0 Å². The van der Waals surface area contributed by atoms with E-state index in [0.717, 1.165) is 64.2 Å². The number of esters is 2. The maximum absolute atomic E-state index is 12.7. The molecule has 0 heterocycles. The highest BCUT2D eigenvalue weighted by molar-refractivity contribution is 5.70. The standard InChI is InChI=1S/C49H81NO7/c1-6-8-10-12-14-16-18-20-22-24-26-27-29-31-33-35-37-39-47(51)56-44-45(43-55-42-41-46(49(53)54)50(3,4)5)57-48(52)40-38-36-34-32-30-28-25-23-21-19-17-15-13-11-9-7-2/h9,11,15,17,20-23,26-28,30-31,33,45-46H,6-8,10,12-14,16,18-19,24-25,29,32,34-44H2,1-5H3/b11-9+,17-15+,22-20+,23-21+,27-26+,30-28+,33-31+. The summed E-state index contributed by atoms with van der Waals surface area (Å²) in [4.78, 5) is 36.8. The van der Waals surface area contributed by atoms with Gasteiger partial charge in [-0.05, 0) is 83.5 Å². The number of carbonyl (C=O) groups is 3. The summed E-state index contributed by atoms with van der Waals surface area (Å²) < 4.78 is 17.1. The predicted octanol–water partition coefficient (Wildman–Crippen LogP) is 10.8. The van der Waals surface area contributed by atoms with Gasteiger partial charge in [0, 0.05) is 19.3 Å². The van der Waals surface area contributed by atoms with Gasteiger partial charge in [0.1, 0.15) is 12.6 Å². The summed E-state index contributed by atoms with van der Waals surface area (Å²) in [6.07, 6.45) is 50.5. The van der Waals surface area contributed by atoms with E-state index in [9.17, 15) is 19.5 Å². The van der Waals surface area contributed by atoms with E-state index < -0.39 is 18.1 Å². The lowest BCUT2D eigenvalue weighted by Crippen LogP contribution is -2.55. The van der Waals surface area contributed by atoms with Gasteiger partial charge in [0.25, 0.3) is 0 Å². The van der Waals surface area contributed by atoms with E-state index in [1.54, 1.807) is 21.1 Å².